The van der Waals surface area contributed by atoms with Crippen molar-refractivity contribution in [2.45, 2.75) is 45.3 Å². The molecule has 1 aromatic rings. The summed E-state index contributed by atoms with van der Waals surface area (Å²) in [7, 11) is 1.54. The molecule has 2 unspecified atom stereocenters. The Balaban J connectivity index is 2.19. The number of nitrogens with zero attached hydrogens (tertiary/aromatic N) is 2. The van der Waals surface area contributed by atoms with Crippen LogP contribution in [0.1, 0.15) is 38.9 Å². The van der Waals surface area contributed by atoms with Crippen molar-refractivity contribution in [3.63, 3.8) is 0 Å². The number of hydrogen-bond acceptors (Lipinski definition) is 4. The van der Waals surface area contributed by atoms with Gasteiger partial charge in [0.15, 0.2) is 0 Å². The van der Waals surface area contributed by atoms with Gasteiger partial charge >= 0.3 is 6.18 Å². The number of alkyl halides is 3. The van der Waals surface area contributed by atoms with Crippen LogP contribution in [0.25, 0.3) is 0 Å². The zero-order valence-corrected chi connectivity index (χ0v) is 12.5. The SMILES string of the molecule is CNc1cc(NC2CC(C)CC(C)C2)nc(C(F)(F)F)n1. The highest BCUT2D eigenvalue weighted by Crippen LogP contribution is 2.32. The van der Waals surface area contributed by atoms with Gasteiger partial charge in [0.2, 0.25) is 5.82 Å². The molecular formula is C14H21F3N4. The highest BCUT2D eigenvalue weighted by atomic mass is 19.4. The number of aromatic nitrogens is 2. The van der Waals surface area contributed by atoms with E-state index in [1.165, 1.54) is 13.1 Å². The van der Waals surface area contributed by atoms with Gasteiger partial charge in [-0.1, -0.05) is 13.8 Å². The van der Waals surface area contributed by atoms with E-state index in [-0.39, 0.29) is 17.7 Å². The lowest BCUT2D eigenvalue weighted by Gasteiger charge is -2.32. The van der Waals surface area contributed by atoms with E-state index in [0.29, 0.717) is 11.8 Å². The third-order valence-corrected chi connectivity index (χ3v) is 3.77. The number of rotatable bonds is 3. The lowest BCUT2D eigenvalue weighted by atomic mass is 9.80. The van der Waals surface area contributed by atoms with Gasteiger partial charge in [-0.3, -0.25) is 0 Å². The Labute approximate surface area is 122 Å². The first-order valence-electron chi connectivity index (χ1n) is 7.18. The third kappa shape index (κ3) is 4.22. The number of anilines is 2. The predicted octanol–water partition coefficient (Wildman–Crippen LogP) is 3.77. The first kappa shape index (κ1) is 15.9. The van der Waals surface area contributed by atoms with Crippen molar-refractivity contribution in [1.29, 1.82) is 0 Å². The first-order chi connectivity index (χ1) is 9.77. The van der Waals surface area contributed by atoms with Crippen molar-refractivity contribution < 1.29 is 13.2 Å². The molecule has 2 rings (SSSR count). The van der Waals surface area contributed by atoms with E-state index in [4.69, 9.17) is 0 Å². The van der Waals surface area contributed by atoms with Crippen LogP contribution in [0.3, 0.4) is 0 Å². The molecule has 0 aliphatic heterocycles. The average molecular weight is 302 g/mol. The normalized spacial score (nSPS) is 26.5. The minimum Gasteiger partial charge on any atom is -0.373 e. The summed E-state index contributed by atoms with van der Waals surface area (Å²) in [5, 5.41) is 5.78. The molecule has 0 aromatic carbocycles. The van der Waals surface area contributed by atoms with Gasteiger partial charge in [-0.25, -0.2) is 9.97 Å². The van der Waals surface area contributed by atoms with Crippen LogP contribution in [-0.2, 0) is 6.18 Å². The summed E-state index contributed by atoms with van der Waals surface area (Å²) in [5.41, 5.74) is 0. The summed E-state index contributed by atoms with van der Waals surface area (Å²) < 4.78 is 38.4. The maximum Gasteiger partial charge on any atom is 0.451 e. The van der Waals surface area contributed by atoms with Gasteiger partial charge in [0.1, 0.15) is 11.6 Å². The number of hydrogen-bond donors (Lipinski definition) is 2. The minimum absolute atomic E-state index is 0.157. The molecule has 1 fully saturated rings. The second-order valence-corrected chi connectivity index (χ2v) is 5.97. The molecule has 0 amide bonds. The molecule has 2 atom stereocenters. The van der Waals surface area contributed by atoms with Crippen LogP contribution >= 0.6 is 0 Å². The van der Waals surface area contributed by atoms with E-state index in [2.05, 4.69) is 34.4 Å². The predicted molar refractivity (Wildman–Crippen MR) is 76.2 cm³/mol. The van der Waals surface area contributed by atoms with Crippen LogP contribution in [0, 0.1) is 11.8 Å². The molecule has 0 bridgehead atoms. The lowest BCUT2D eigenvalue weighted by molar-refractivity contribution is -0.144. The molecule has 0 spiro atoms. The molecule has 1 saturated carbocycles. The van der Waals surface area contributed by atoms with Gasteiger partial charge in [-0.05, 0) is 31.1 Å². The van der Waals surface area contributed by atoms with Crippen LogP contribution in [-0.4, -0.2) is 23.1 Å². The van der Waals surface area contributed by atoms with Gasteiger partial charge < -0.3 is 10.6 Å². The summed E-state index contributed by atoms with van der Waals surface area (Å²) in [6.45, 7) is 4.34. The molecule has 0 radical (unpaired) electrons. The molecule has 21 heavy (non-hydrogen) atoms. The summed E-state index contributed by atoms with van der Waals surface area (Å²) in [6.07, 6.45) is -1.48. The van der Waals surface area contributed by atoms with E-state index < -0.39 is 12.0 Å². The summed E-state index contributed by atoms with van der Waals surface area (Å²) in [6, 6.07) is 1.67. The summed E-state index contributed by atoms with van der Waals surface area (Å²) in [4.78, 5) is 7.07. The summed E-state index contributed by atoms with van der Waals surface area (Å²) in [5.74, 6) is 0.413. The van der Waals surface area contributed by atoms with E-state index in [1.54, 1.807) is 0 Å². The zero-order chi connectivity index (χ0) is 15.6. The fraction of sp³-hybridized carbons (Fsp3) is 0.714. The largest absolute Gasteiger partial charge is 0.451 e. The van der Waals surface area contributed by atoms with Crippen molar-refractivity contribution in [3.05, 3.63) is 11.9 Å². The van der Waals surface area contributed by atoms with E-state index >= 15 is 0 Å². The summed E-state index contributed by atoms with van der Waals surface area (Å²) >= 11 is 0. The third-order valence-electron chi connectivity index (χ3n) is 3.77. The molecule has 118 valence electrons. The lowest BCUT2D eigenvalue weighted by Crippen LogP contribution is -2.31. The topological polar surface area (TPSA) is 49.8 Å². The van der Waals surface area contributed by atoms with Crippen molar-refractivity contribution >= 4 is 11.6 Å². The van der Waals surface area contributed by atoms with Gasteiger partial charge in [0, 0.05) is 19.2 Å². The Morgan fingerprint density at radius 2 is 1.62 bits per heavy atom. The van der Waals surface area contributed by atoms with Crippen molar-refractivity contribution in [2.24, 2.45) is 11.8 Å². The number of halogens is 3. The molecule has 1 aromatic heterocycles. The molecule has 4 nitrogen and oxygen atoms in total. The second-order valence-electron chi connectivity index (χ2n) is 5.97. The Morgan fingerprint density at radius 3 is 2.14 bits per heavy atom. The van der Waals surface area contributed by atoms with Crippen LogP contribution in [0.4, 0.5) is 24.8 Å². The molecule has 0 saturated heterocycles. The van der Waals surface area contributed by atoms with Crippen LogP contribution in [0.15, 0.2) is 6.07 Å². The number of nitrogens with one attached hydrogen (secondary N) is 2. The fourth-order valence-corrected chi connectivity index (χ4v) is 3.05. The average Bonchev–Trinajstić information content (AvgIpc) is 2.36. The molecule has 1 heterocycles. The quantitative estimate of drug-likeness (QED) is 0.892. The highest BCUT2D eigenvalue weighted by Gasteiger charge is 2.35. The van der Waals surface area contributed by atoms with Gasteiger partial charge in [-0.2, -0.15) is 13.2 Å². The maximum atomic E-state index is 12.8. The van der Waals surface area contributed by atoms with Gasteiger partial charge in [0.05, 0.1) is 0 Å². The molecule has 2 N–H and O–H groups in total. The first-order valence-corrected chi connectivity index (χ1v) is 7.18. The highest BCUT2D eigenvalue weighted by molar-refractivity contribution is 5.48. The Morgan fingerprint density at radius 1 is 1.05 bits per heavy atom. The monoisotopic (exact) mass is 302 g/mol. The molecular weight excluding hydrogens is 281 g/mol. The van der Waals surface area contributed by atoms with E-state index in [9.17, 15) is 13.2 Å². The Kier molecular flexibility index (Phi) is 4.58. The second kappa shape index (κ2) is 6.07. The fourth-order valence-electron chi connectivity index (χ4n) is 3.05. The smallest absolute Gasteiger partial charge is 0.373 e. The van der Waals surface area contributed by atoms with Gasteiger partial charge in [0.25, 0.3) is 0 Å². The molecule has 1 aliphatic rings. The van der Waals surface area contributed by atoms with Crippen LogP contribution < -0.4 is 10.6 Å². The molecule has 7 heteroatoms. The van der Waals surface area contributed by atoms with Gasteiger partial charge in [-0.15, -0.1) is 0 Å². The van der Waals surface area contributed by atoms with Crippen molar-refractivity contribution in [1.82, 2.24) is 9.97 Å². The Hall–Kier alpha value is -1.53. The minimum atomic E-state index is -4.55. The molecule has 1 aliphatic carbocycles. The van der Waals surface area contributed by atoms with Crippen molar-refractivity contribution in [3.8, 4) is 0 Å². The van der Waals surface area contributed by atoms with Crippen LogP contribution in [0.2, 0.25) is 0 Å². The standard InChI is InChI=1S/C14H21F3N4/c1-8-4-9(2)6-10(5-8)19-12-7-11(18-3)20-13(21-12)14(15,16)17/h7-10H,4-6H2,1-3H3,(H2,18,19,20,21). The van der Waals surface area contributed by atoms with E-state index in [0.717, 1.165) is 19.3 Å². The maximum absolute atomic E-state index is 12.8. The van der Waals surface area contributed by atoms with Crippen LogP contribution in [0.5, 0.6) is 0 Å². The van der Waals surface area contributed by atoms with Crippen molar-refractivity contribution in [2.75, 3.05) is 17.7 Å². The Bertz CT molecular complexity index is 480. The van der Waals surface area contributed by atoms with E-state index in [1.807, 2.05) is 0 Å². The zero-order valence-electron chi connectivity index (χ0n) is 12.5.